The van der Waals surface area contributed by atoms with Crippen molar-refractivity contribution in [1.82, 2.24) is 0 Å². The highest BCUT2D eigenvalue weighted by Gasteiger charge is 2.21. The van der Waals surface area contributed by atoms with Gasteiger partial charge in [-0.15, -0.1) is 0 Å². The van der Waals surface area contributed by atoms with Gasteiger partial charge in [0.05, 0.1) is 52.9 Å². The fourth-order valence-electron chi connectivity index (χ4n) is 1.18. The Bertz CT molecular complexity index is 230. The molecule has 20 heavy (non-hydrogen) atoms. The van der Waals surface area contributed by atoms with Gasteiger partial charge in [-0.1, -0.05) is 6.92 Å². The lowest BCUT2D eigenvalue weighted by atomic mass is 10.7. The maximum Gasteiger partial charge on any atom is 0.330 e. The Morgan fingerprint density at radius 3 is 1.45 bits per heavy atom. The van der Waals surface area contributed by atoms with Crippen LogP contribution in [0.15, 0.2) is 0 Å². The number of methoxy groups -OCH3 is 2. The first kappa shape index (κ1) is 20.0. The minimum absolute atomic E-state index is 0.235. The summed E-state index contributed by atoms with van der Waals surface area (Å²) in [7, 11) is 0.176. The fourth-order valence-corrected chi connectivity index (χ4v) is 2.32. The molecule has 0 aliphatic carbocycles. The Morgan fingerprint density at radius 1 is 0.700 bits per heavy atom. The van der Waals surface area contributed by atoms with E-state index in [9.17, 15) is 4.57 Å². The van der Waals surface area contributed by atoms with Crippen LogP contribution in [-0.2, 0) is 32.6 Å². The van der Waals surface area contributed by atoms with Gasteiger partial charge in [-0.3, -0.25) is 4.57 Å². The van der Waals surface area contributed by atoms with Crippen molar-refractivity contribution < 1.29 is 32.6 Å². The predicted molar refractivity (Wildman–Crippen MR) is 75.4 cm³/mol. The molecule has 122 valence electrons. The molecule has 0 atom stereocenters. The van der Waals surface area contributed by atoms with E-state index in [-0.39, 0.29) is 13.2 Å². The quantitative estimate of drug-likeness (QED) is 0.335. The summed E-state index contributed by atoms with van der Waals surface area (Å²) in [6, 6.07) is 0. The molecular weight excluding hydrogens is 287 g/mol. The van der Waals surface area contributed by atoms with Crippen molar-refractivity contribution in [1.29, 1.82) is 0 Å². The van der Waals surface area contributed by atoms with Gasteiger partial charge in [0, 0.05) is 20.4 Å². The van der Waals surface area contributed by atoms with E-state index in [4.69, 9.17) is 28.0 Å². The summed E-state index contributed by atoms with van der Waals surface area (Å²) in [5, 5.41) is 0. The third-order valence-corrected chi connectivity index (χ3v) is 4.21. The Morgan fingerprint density at radius 2 is 1.10 bits per heavy atom. The smallest absolute Gasteiger partial charge is 0.330 e. The maximum atomic E-state index is 12.2. The van der Waals surface area contributed by atoms with E-state index in [0.29, 0.717) is 45.8 Å². The van der Waals surface area contributed by atoms with Crippen molar-refractivity contribution in [2.24, 2.45) is 0 Å². The third-order valence-electron chi connectivity index (χ3n) is 2.28. The molecule has 0 aromatic heterocycles. The van der Waals surface area contributed by atoms with Crippen LogP contribution >= 0.6 is 7.60 Å². The molecule has 0 amide bonds. The lowest BCUT2D eigenvalue weighted by molar-refractivity contribution is 0.0407. The highest BCUT2D eigenvalue weighted by atomic mass is 31.2. The number of ether oxygens (including phenoxy) is 4. The van der Waals surface area contributed by atoms with Crippen LogP contribution in [0.2, 0.25) is 0 Å². The summed E-state index contributed by atoms with van der Waals surface area (Å²) in [5.41, 5.74) is 0. The Hall–Kier alpha value is -0.0100. The van der Waals surface area contributed by atoms with Crippen molar-refractivity contribution in [3.8, 4) is 0 Å². The van der Waals surface area contributed by atoms with Crippen molar-refractivity contribution >= 4 is 7.60 Å². The summed E-state index contributed by atoms with van der Waals surface area (Å²) in [5.74, 6) is 0. The monoisotopic (exact) mass is 314 g/mol. The van der Waals surface area contributed by atoms with Gasteiger partial charge in [-0.25, -0.2) is 0 Å². The number of hydrogen-bond acceptors (Lipinski definition) is 7. The van der Waals surface area contributed by atoms with Crippen molar-refractivity contribution in [3.05, 3.63) is 0 Å². The molecule has 7 nitrogen and oxygen atoms in total. The number of hydrogen-bond donors (Lipinski definition) is 0. The van der Waals surface area contributed by atoms with Gasteiger partial charge < -0.3 is 28.0 Å². The molecule has 0 unspecified atom stereocenters. The van der Waals surface area contributed by atoms with E-state index in [1.165, 1.54) is 0 Å². The van der Waals surface area contributed by atoms with Crippen molar-refractivity contribution in [3.63, 3.8) is 0 Å². The summed E-state index contributed by atoms with van der Waals surface area (Å²) < 4.78 is 42.8. The van der Waals surface area contributed by atoms with Gasteiger partial charge in [0.2, 0.25) is 0 Å². The van der Waals surface area contributed by atoms with Crippen LogP contribution in [0.1, 0.15) is 6.92 Å². The Kier molecular flexibility index (Phi) is 13.9. The molecule has 0 heterocycles. The molecule has 0 aromatic carbocycles. The summed E-state index contributed by atoms with van der Waals surface area (Å²) in [6.45, 7) is 5.00. The molecule has 0 bridgehead atoms. The van der Waals surface area contributed by atoms with E-state index < -0.39 is 7.60 Å². The largest absolute Gasteiger partial charge is 0.382 e. The molecule has 0 saturated heterocycles. The molecule has 0 aliphatic heterocycles. The Labute approximate surface area is 121 Å². The molecule has 8 heteroatoms. The fraction of sp³-hybridized carbons (Fsp3) is 1.00. The van der Waals surface area contributed by atoms with Gasteiger partial charge in [-0.05, 0) is 0 Å². The third kappa shape index (κ3) is 11.8. The summed E-state index contributed by atoms with van der Waals surface area (Å²) >= 11 is 0. The van der Waals surface area contributed by atoms with Crippen LogP contribution in [0.3, 0.4) is 0 Å². The highest BCUT2D eigenvalue weighted by Crippen LogP contribution is 2.47. The lowest BCUT2D eigenvalue weighted by Gasteiger charge is -2.17. The SMILES string of the molecule is CCP(=O)(OCCOCCOC)OCCOCCOC. The average Bonchev–Trinajstić information content (AvgIpc) is 2.46. The minimum atomic E-state index is -3.03. The van der Waals surface area contributed by atoms with E-state index in [0.717, 1.165) is 0 Å². The van der Waals surface area contributed by atoms with Crippen LogP contribution in [0.4, 0.5) is 0 Å². The highest BCUT2D eigenvalue weighted by molar-refractivity contribution is 7.53. The zero-order valence-corrected chi connectivity index (χ0v) is 13.6. The summed E-state index contributed by atoms with van der Waals surface area (Å²) in [4.78, 5) is 0. The van der Waals surface area contributed by atoms with E-state index >= 15 is 0 Å². The molecule has 0 saturated carbocycles. The van der Waals surface area contributed by atoms with E-state index in [1.54, 1.807) is 21.1 Å². The second kappa shape index (κ2) is 13.9. The van der Waals surface area contributed by atoms with Crippen LogP contribution < -0.4 is 0 Å². The average molecular weight is 314 g/mol. The maximum absolute atomic E-state index is 12.2. The summed E-state index contributed by atoms with van der Waals surface area (Å²) in [6.07, 6.45) is 0.323. The normalized spacial score (nSPS) is 11.9. The molecule has 0 spiro atoms. The zero-order chi connectivity index (χ0) is 15.1. The van der Waals surface area contributed by atoms with Gasteiger partial charge in [0.15, 0.2) is 0 Å². The van der Waals surface area contributed by atoms with Crippen molar-refractivity contribution in [2.75, 3.05) is 73.2 Å². The second-order valence-corrected chi connectivity index (χ2v) is 6.17. The molecule has 0 N–H and O–H groups in total. The molecule has 0 rings (SSSR count). The van der Waals surface area contributed by atoms with Gasteiger partial charge in [0.1, 0.15) is 0 Å². The van der Waals surface area contributed by atoms with Crippen LogP contribution in [0.5, 0.6) is 0 Å². The van der Waals surface area contributed by atoms with E-state index in [1.807, 2.05) is 0 Å². The first-order valence-corrected chi connectivity index (χ1v) is 8.42. The van der Waals surface area contributed by atoms with E-state index in [2.05, 4.69) is 0 Å². The molecule has 0 fully saturated rings. The molecule has 0 radical (unpaired) electrons. The lowest BCUT2D eigenvalue weighted by Crippen LogP contribution is -2.11. The van der Waals surface area contributed by atoms with Crippen LogP contribution in [-0.4, -0.2) is 73.2 Å². The van der Waals surface area contributed by atoms with Gasteiger partial charge >= 0.3 is 7.60 Å². The van der Waals surface area contributed by atoms with Crippen molar-refractivity contribution in [2.45, 2.75) is 6.92 Å². The molecule has 0 aliphatic rings. The van der Waals surface area contributed by atoms with Crippen LogP contribution in [0, 0.1) is 0 Å². The number of rotatable bonds is 15. The Balaban J connectivity index is 3.60. The topological polar surface area (TPSA) is 72.5 Å². The second-order valence-electron chi connectivity index (χ2n) is 3.80. The van der Waals surface area contributed by atoms with Gasteiger partial charge in [-0.2, -0.15) is 0 Å². The molecule has 0 aromatic rings. The molecular formula is C12H27O7P. The standard InChI is InChI=1S/C12H27O7P/c1-4-20(13,18-11-9-16-7-5-14-2)19-12-10-17-8-6-15-3/h4-12H2,1-3H3. The van der Waals surface area contributed by atoms with Gasteiger partial charge in [0.25, 0.3) is 0 Å². The first-order chi connectivity index (χ1) is 9.68. The minimum Gasteiger partial charge on any atom is -0.382 e. The first-order valence-electron chi connectivity index (χ1n) is 6.70. The van der Waals surface area contributed by atoms with Crippen LogP contribution in [0.25, 0.3) is 0 Å². The predicted octanol–water partition coefficient (Wildman–Crippen LogP) is 1.56. The zero-order valence-electron chi connectivity index (χ0n) is 12.7.